The van der Waals surface area contributed by atoms with Gasteiger partial charge in [0.15, 0.2) is 0 Å². The molecule has 1 heterocycles. The lowest BCUT2D eigenvalue weighted by molar-refractivity contribution is 0.0696. The fourth-order valence-electron chi connectivity index (χ4n) is 2.94. The number of benzene rings is 2. The highest BCUT2D eigenvalue weighted by atomic mass is 16.4. The highest BCUT2D eigenvalue weighted by molar-refractivity contribution is 5.87. The summed E-state index contributed by atoms with van der Waals surface area (Å²) in [7, 11) is 0. The Balaban J connectivity index is 1.75. The van der Waals surface area contributed by atoms with E-state index in [9.17, 15) is 4.79 Å². The monoisotopic (exact) mass is 281 g/mol. The number of fused-ring (bicyclic) bond motifs is 1. The Kier molecular flexibility index (Phi) is 3.76. The molecule has 0 aromatic heterocycles. The van der Waals surface area contributed by atoms with Gasteiger partial charge in [-0.3, -0.25) is 4.90 Å². The lowest BCUT2D eigenvalue weighted by Gasteiger charge is -2.29. The molecule has 1 aliphatic heterocycles. The number of aryl methyl sites for hydroxylation is 1. The summed E-state index contributed by atoms with van der Waals surface area (Å²) in [6.45, 7) is 4.88. The molecular weight excluding hydrogens is 262 g/mol. The molecule has 1 N–H and O–H groups in total. The predicted octanol–water partition coefficient (Wildman–Crippen LogP) is 3.25. The van der Waals surface area contributed by atoms with Crippen LogP contribution in [0.5, 0.6) is 0 Å². The molecule has 1 aliphatic rings. The van der Waals surface area contributed by atoms with E-state index in [4.69, 9.17) is 5.11 Å². The minimum atomic E-state index is -0.864. The topological polar surface area (TPSA) is 40.5 Å². The molecule has 3 rings (SSSR count). The third kappa shape index (κ3) is 2.98. The standard InChI is InChI=1S/C18H19NO2/c1-13-10-15(18(20)21)6-7-16(13)11-19-9-8-14-4-2-3-5-17(14)12-19/h2-7,10H,8-9,11-12H2,1H3,(H,20,21). The van der Waals surface area contributed by atoms with Gasteiger partial charge in [-0.15, -0.1) is 0 Å². The number of hydrogen-bond acceptors (Lipinski definition) is 2. The Labute approximate surface area is 124 Å². The summed E-state index contributed by atoms with van der Waals surface area (Å²) in [6.07, 6.45) is 1.09. The zero-order valence-corrected chi connectivity index (χ0v) is 12.2. The summed E-state index contributed by atoms with van der Waals surface area (Å²) in [6, 6.07) is 14.0. The molecular formula is C18H19NO2. The van der Waals surface area contributed by atoms with E-state index in [2.05, 4.69) is 29.2 Å². The first-order valence-electron chi connectivity index (χ1n) is 7.25. The van der Waals surface area contributed by atoms with Gasteiger partial charge in [-0.2, -0.15) is 0 Å². The quantitative estimate of drug-likeness (QED) is 0.939. The number of carbonyl (C=O) groups is 1. The van der Waals surface area contributed by atoms with Crippen molar-refractivity contribution in [3.63, 3.8) is 0 Å². The molecule has 2 aromatic rings. The number of carboxylic acids is 1. The summed E-state index contributed by atoms with van der Waals surface area (Å²) in [5, 5.41) is 9.02. The lowest BCUT2D eigenvalue weighted by atomic mass is 9.98. The molecule has 0 saturated heterocycles. The second-order valence-corrected chi connectivity index (χ2v) is 5.68. The van der Waals surface area contributed by atoms with Crippen molar-refractivity contribution in [2.75, 3.05) is 6.54 Å². The summed E-state index contributed by atoms with van der Waals surface area (Å²) >= 11 is 0. The summed E-state index contributed by atoms with van der Waals surface area (Å²) in [4.78, 5) is 13.4. The molecule has 0 spiro atoms. The van der Waals surface area contributed by atoms with E-state index in [0.717, 1.165) is 31.6 Å². The van der Waals surface area contributed by atoms with E-state index in [1.165, 1.54) is 16.7 Å². The molecule has 0 bridgehead atoms. The van der Waals surface area contributed by atoms with Crippen LogP contribution in [0.4, 0.5) is 0 Å². The van der Waals surface area contributed by atoms with Gasteiger partial charge < -0.3 is 5.11 Å². The van der Waals surface area contributed by atoms with Crippen molar-refractivity contribution in [1.82, 2.24) is 4.90 Å². The fraction of sp³-hybridized carbons (Fsp3) is 0.278. The zero-order chi connectivity index (χ0) is 14.8. The van der Waals surface area contributed by atoms with Gasteiger partial charge in [0.1, 0.15) is 0 Å². The molecule has 0 amide bonds. The van der Waals surface area contributed by atoms with Crippen molar-refractivity contribution in [3.8, 4) is 0 Å². The first-order chi connectivity index (χ1) is 10.1. The fourth-order valence-corrected chi connectivity index (χ4v) is 2.94. The highest BCUT2D eigenvalue weighted by Gasteiger charge is 2.16. The van der Waals surface area contributed by atoms with Crippen molar-refractivity contribution < 1.29 is 9.90 Å². The molecule has 3 heteroatoms. The molecule has 0 saturated carbocycles. The third-order valence-electron chi connectivity index (χ3n) is 4.19. The lowest BCUT2D eigenvalue weighted by Crippen LogP contribution is -2.30. The van der Waals surface area contributed by atoms with Gasteiger partial charge in [0.05, 0.1) is 5.56 Å². The van der Waals surface area contributed by atoms with Gasteiger partial charge in [0.25, 0.3) is 0 Å². The Hall–Kier alpha value is -2.13. The molecule has 21 heavy (non-hydrogen) atoms. The Morgan fingerprint density at radius 3 is 2.67 bits per heavy atom. The first-order valence-corrected chi connectivity index (χ1v) is 7.25. The van der Waals surface area contributed by atoms with E-state index in [1.54, 1.807) is 12.1 Å². The molecule has 108 valence electrons. The van der Waals surface area contributed by atoms with Gasteiger partial charge in [-0.25, -0.2) is 4.79 Å². The second kappa shape index (κ2) is 5.70. The molecule has 0 fully saturated rings. The largest absolute Gasteiger partial charge is 0.478 e. The summed E-state index contributed by atoms with van der Waals surface area (Å²) in [5.41, 5.74) is 5.48. The molecule has 0 unspecified atom stereocenters. The van der Waals surface area contributed by atoms with Gasteiger partial charge in [-0.1, -0.05) is 30.3 Å². The second-order valence-electron chi connectivity index (χ2n) is 5.68. The molecule has 3 nitrogen and oxygen atoms in total. The number of nitrogens with zero attached hydrogens (tertiary/aromatic N) is 1. The molecule has 2 aromatic carbocycles. The number of hydrogen-bond donors (Lipinski definition) is 1. The van der Waals surface area contributed by atoms with Crippen molar-refractivity contribution in [3.05, 3.63) is 70.3 Å². The van der Waals surface area contributed by atoms with Crippen LogP contribution in [0.1, 0.15) is 32.6 Å². The summed E-state index contributed by atoms with van der Waals surface area (Å²) < 4.78 is 0. The predicted molar refractivity (Wildman–Crippen MR) is 82.4 cm³/mol. The minimum absolute atomic E-state index is 0.361. The van der Waals surface area contributed by atoms with Crippen LogP contribution in [0.15, 0.2) is 42.5 Å². The normalized spacial score (nSPS) is 14.7. The van der Waals surface area contributed by atoms with Crippen LogP contribution >= 0.6 is 0 Å². The van der Waals surface area contributed by atoms with E-state index < -0.39 is 5.97 Å². The van der Waals surface area contributed by atoms with Crippen LogP contribution in [-0.2, 0) is 19.5 Å². The SMILES string of the molecule is Cc1cc(C(=O)O)ccc1CN1CCc2ccccc2C1. The van der Waals surface area contributed by atoms with Crippen LogP contribution in [0, 0.1) is 6.92 Å². The van der Waals surface area contributed by atoms with Crippen molar-refractivity contribution in [1.29, 1.82) is 0 Å². The van der Waals surface area contributed by atoms with Crippen molar-refractivity contribution in [2.45, 2.75) is 26.4 Å². The van der Waals surface area contributed by atoms with Gasteiger partial charge in [0.2, 0.25) is 0 Å². The van der Waals surface area contributed by atoms with E-state index in [1.807, 2.05) is 13.0 Å². The van der Waals surface area contributed by atoms with Crippen LogP contribution in [0.25, 0.3) is 0 Å². The first kappa shape index (κ1) is 13.8. The Bertz CT molecular complexity index is 679. The highest BCUT2D eigenvalue weighted by Crippen LogP contribution is 2.21. The van der Waals surface area contributed by atoms with E-state index in [0.29, 0.717) is 5.56 Å². The van der Waals surface area contributed by atoms with Crippen LogP contribution < -0.4 is 0 Å². The van der Waals surface area contributed by atoms with Gasteiger partial charge in [-0.05, 0) is 47.7 Å². The third-order valence-corrected chi connectivity index (χ3v) is 4.19. The van der Waals surface area contributed by atoms with Crippen LogP contribution in [0.3, 0.4) is 0 Å². The maximum absolute atomic E-state index is 11.0. The molecule has 0 aliphatic carbocycles. The Morgan fingerprint density at radius 1 is 1.19 bits per heavy atom. The zero-order valence-electron chi connectivity index (χ0n) is 12.2. The van der Waals surface area contributed by atoms with Gasteiger partial charge >= 0.3 is 5.97 Å². The van der Waals surface area contributed by atoms with Crippen LogP contribution in [0.2, 0.25) is 0 Å². The van der Waals surface area contributed by atoms with E-state index >= 15 is 0 Å². The Morgan fingerprint density at radius 2 is 1.95 bits per heavy atom. The average Bonchev–Trinajstić information content (AvgIpc) is 2.49. The maximum Gasteiger partial charge on any atom is 0.335 e. The number of rotatable bonds is 3. The average molecular weight is 281 g/mol. The number of aromatic carboxylic acids is 1. The van der Waals surface area contributed by atoms with Crippen molar-refractivity contribution in [2.24, 2.45) is 0 Å². The number of carboxylic acid groups (broad SMARTS) is 1. The van der Waals surface area contributed by atoms with Gasteiger partial charge in [0, 0.05) is 19.6 Å². The smallest absolute Gasteiger partial charge is 0.335 e. The van der Waals surface area contributed by atoms with Crippen LogP contribution in [-0.4, -0.2) is 22.5 Å². The minimum Gasteiger partial charge on any atom is -0.478 e. The summed E-state index contributed by atoms with van der Waals surface area (Å²) in [5.74, 6) is -0.864. The van der Waals surface area contributed by atoms with E-state index in [-0.39, 0.29) is 0 Å². The molecule has 0 radical (unpaired) electrons. The van der Waals surface area contributed by atoms with Crippen molar-refractivity contribution >= 4 is 5.97 Å². The molecule has 0 atom stereocenters. The maximum atomic E-state index is 11.0.